The van der Waals surface area contributed by atoms with E-state index in [0.29, 0.717) is 22.7 Å². The highest BCUT2D eigenvalue weighted by molar-refractivity contribution is 6.34. The van der Waals surface area contributed by atoms with E-state index in [1.54, 1.807) is 24.3 Å². The van der Waals surface area contributed by atoms with Gasteiger partial charge in [0, 0.05) is 5.56 Å². The quantitative estimate of drug-likeness (QED) is 0.407. The van der Waals surface area contributed by atoms with Crippen molar-refractivity contribution < 1.29 is 23.5 Å². The van der Waals surface area contributed by atoms with E-state index in [2.05, 4.69) is 5.32 Å². The lowest BCUT2D eigenvalue weighted by atomic mass is 9.97. The molecule has 3 N–H and O–H groups in total. The summed E-state index contributed by atoms with van der Waals surface area (Å²) in [4.78, 5) is 24.1. The molecule has 162 valence electrons. The van der Waals surface area contributed by atoms with Gasteiger partial charge in [-0.2, -0.15) is 0 Å². The van der Waals surface area contributed by atoms with Gasteiger partial charge in [0.2, 0.25) is 0 Å². The van der Waals surface area contributed by atoms with Gasteiger partial charge in [0.25, 0.3) is 5.91 Å². The van der Waals surface area contributed by atoms with Crippen molar-refractivity contribution in [1.29, 1.82) is 5.41 Å². The molecule has 0 bridgehead atoms. The first-order chi connectivity index (χ1) is 15.3. The normalized spacial score (nSPS) is 13.0. The smallest absolute Gasteiger partial charge is 0.335 e. The molecule has 0 heterocycles. The third kappa shape index (κ3) is 4.11. The van der Waals surface area contributed by atoms with Gasteiger partial charge in [-0.3, -0.25) is 10.2 Å². The molecule has 0 atom stereocenters. The fourth-order valence-electron chi connectivity index (χ4n) is 3.58. The maximum Gasteiger partial charge on any atom is 0.335 e. The average Bonchev–Trinajstić information content (AvgIpc) is 3.58. The zero-order valence-corrected chi connectivity index (χ0v) is 17.3. The van der Waals surface area contributed by atoms with Crippen molar-refractivity contribution in [3.63, 3.8) is 0 Å². The number of rotatable bonds is 6. The topological polar surface area (TPSA) is 90.3 Å². The summed E-state index contributed by atoms with van der Waals surface area (Å²) in [6.07, 6.45) is 1.93. The number of carboxylic acids is 1. The third-order valence-electron chi connectivity index (χ3n) is 5.27. The van der Waals surface area contributed by atoms with Crippen LogP contribution in [0.3, 0.4) is 0 Å². The van der Waals surface area contributed by atoms with Gasteiger partial charge in [0.05, 0.1) is 33.1 Å². The summed E-state index contributed by atoms with van der Waals surface area (Å²) >= 11 is 6.29. The first-order valence-electron chi connectivity index (χ1n) is 9.78. The van der Waals surface area contributed by atoms with Gasteiger partial charge in [-0.15, -0.1) is 0 Å². The summed E-state index contributed by atoms with van der Waals surface area (Å²) in [5.74, 6) is -4.08. The number of carbonyl (C=O) groups is 2. The fraction of sp³-hybridized carbons (Fsp3) is 0.125. The first kappa shape index (κ1) is 21.6. The number of benzene rings is 3. The number of carboxylic acid groups (broad SMARTS) is 1. The molecule has 1 aliphatic carbocycles. The van der Waals surface area contributed by atoms with E-state index in [1.807, 2.05) is 6.07 Å². The molecule has 32 heavy (non-hydrogen) atoms. The fourth-order valence-corrected chi connectivity index (χ4v) is 3.85. The number of amides is 1. The summed E-state index contributed by atoms with van der Waals surface area (Å²) < 4.78 is 29.0. The SMILES string of the molecule is N=C(c1ccccc1NC(=O)c1c(Cl)cccc1C1CC1)c1c(F)cc(C(=O)O)cc1F. The second-order valence-electron chi connectivity index (χ2n) is 7.47. The lowest BCUT2D eigenvalue weighted by Gasteiger charge is -2.15. The molecule has 8 heteroatoms. The first-order valence-corrected chi connectivity index (χ1v) is 10.2. The maximum absolute atomic E-state index is 14.5. The minimum Gasteiger partial charge on any atom is -0.478 e. The minimum atomic E-state index is -1.49. The molecule has 3 aromatic rings. The largest absolute Gasteiger partial charge is 0.478 e. The number of nitrogens with one attached hydrogen (secondary N) is 2. The Balaban J connectivity index is 1.70. The van der Waals surface area contributed by atoms with Gasteiger partial charge >= 0.3 is 5.97 Å². The van der Waals surface area contributed by atoms with Gasteiger partial charge < -0.3 is 10.4 Å². The van der Waals surface area contributed by atoms with Crippen LogP contribution in [0.15, 0.2) is 54.6 Å². The Hall–Kier alpha value is -3.58. The highest BCUT2D eigenvalue weighted by Gasteiger charge is 2.30. The van der Waals surface area contributed by atoms with E-state index in [-0.39, 0.29) is 17.2 Å². The lowest BCUT2D eigenvalue weighted by molar-refractivity contribution is 0.0695. The zero-order valence-electron chi connectivity index (χ0n) is 16.6. The molecule has 1 amide bonds. The molecule has 1 fully saturated rings. The van der Waals surface area contributed by atoms with Crippen molar-refractivity contribution in [3.8, 4) is 0 Å². The van der Waals surface area contributed by atoms with E-state index in [4.69, 9.17) is 22.1 Å². The van der Waals surface area contributed by atoms with Gasteiger partial charge in [-0.05, 0) is 48.6 Å². The predicted octanol–water partition coefficient (Wildman–Crippen LogP) is 5.86. The minimum absolute atomic E-state index is 0.0711. The number of para-hydroxylation sites is 1. The Morgan fingerprint density at radius 2 is 1.66 bits per heavy atom. The summed E-state index contributed by atoms with van der Waals surface area (Å²) in [5.41, 5.74) is -0.371. The van der Waals surface area contributed by atoms with Crippen LogP contribution in [0.25, 0.3) is 0 Å². The monoisotopic (exact) mass is 454 g/mol. The molecule has 1 saturated carbocycles. The van der Waals surface area contributed by atoms with Crippen LogP contribution in [0, 0.1) is 17.0 Å². The molecule has 0 aliphatic heterocycles. The molecule has 3 aromatic carbocycles. The zero-order chi connectivity index (χ0) is 23.0. The molecule has 1 aliphatic rings. The number of hydrogen-bond acceptors (Lipinski definition) is 3. The van der Waals surface area contributed by atoms with Crippen molar-refractivity contribution >= 4 is 34.9 Å². The van der Waals surface area contributed by atoms with E-state index in [1.165, 1.54) is 12.1 Å². The average molecular weight is 455 g/mol. The molecule has 0 unspecified atom stereocenters. The Morgan fingerprint density at radius 1 is 1.00 bits per heavy atom. The van der Waals surface area contributed by atoms with Crippen molar-refractivity contribution in [2.45, 2.75) is 18.8 Å². The molecule has 0 aromatic heterocycles. The van der Waals surface area contributed by atoms with Crippen molar-refractivity contribution in [2.24, 2.45) is 0 Å². The molecule has 0 saturated heterocycles. The van der Waals surface area contributed by atoms with Crippen LogP contribution in [0.5, 0.6) is 0 Å². The lowest BCUT2D eigenvalue weighted by Crippen LogP contribution is -2.18. The molecular weight excluding hydrogens is 438 g/mol. The second kappa shape index (κ2) is 8.51. The summed E-state index contributed by atoms with van der Waals surface area (Å²) in [6.45, 7) is 0. The van der Waals surface area contributed by atoms with Crippen LogP contribution >= 0.6 is 11.6 Å². The van der Waals surface area contributed by atoms with Gasteiger partial charge in [-0.25, -0.2) is 13.6 Å². The Bertz CT molecular complexity index is 1250. The van der Waals surface area contributed by atoms with E-state index in [9.17, 15) is 18.4 Å². The number of carbonyl (C=O) groups excluding carboxylic acids is 1. The van der Waals surface area contributed by atoms with E-state index >= 15 is 0 Å². The number of anilines is 1. The summed E-state index contributed by atoms with van der Waals surface area (Å²) in [6, 6.07) is 12.7. The van der Waals surface area contributed by atoms with Gasteiger partial charge in [0.15, 0.2) is 0 Å². The van der Waals surface area contributed by atoms with Gasteiger partial charge in [-0.1, -0.05) is 41.9 Å². The summed E-state index contributed by atoms with van der Waals surface area (Å²) in [5, 5.41) is 20.4. The van der Waals surface area contributed by atoms with Crippen molar-refractivity contribution in [1.82, 2.24) is 0 Å². The number of aromatic carboxylic acids is 1. The van der Waals surface area contributed by atoms with Crippen LogP contribution < -0.4 is 5.32 Å². The highest BCUT2D eigenvalue weighted by Crippen LogP contribution is 2.43. The number of hydrogen-bond donors (Lipinski definition) is 3. The maximum atomic E-state index is 14.5. The standard InChI is InChI=1S/C24H17ClF2N2O3/c25-16-6-3-5-14(12-8-9-12)20(16)23(30)29-19-7-2-1-4-15(19)22(28)21-17(26)10-13(24(31)32)11-18(21)27/h1-7,10-12,28H,8-9H2,(H,29,30)(H,31,32). The predicted molar refractivity (Wildman–Crippen MR) is 117 cm³/mol. The van der Waals surface area contributed by atoms with Crippen LogP contribution in [0.1, 0.15) is 56.2 Å². The third-order valence-corrected chi connectivity index (χ3v) is 5.59. The number of halogens is 3. The Morgan fingerprint density at radius 3 is 2.28 bits per heavy atom. The van der Waals surface area contributed by atoms with Crippen LogP contribution in [0.2, 0.25) is 5.02 Å². The van der Waals surface area contributed by atoms with Crippen LogP contribution in [-0.4, -0.2) is 22.7 Å². The Kier molecular flexibility index (Phi) is 5.76. The van der Waals surface area contributed by atoms with E-state index in [0.717, 1.165) is 18.4 Å². The van der Waals surface area contributed by atoms with Crippen molar-refractivity contribution in [2.75, 3.05) is 5.32 Å². The molecule has 0 spiro atoms. The molecule has 4 rings (SSSR count). The molecular formula is C24H17ClF2N2O3. The summed E-state index contributed by atoms with van der Waals surface area (Å²) in [7, 11) is 0. The van der Waals surface area contributed by atoms with Crippen LogP contribution in [0.4, 0.5) is 14.5 Å². The second-order valence-corrected chi connectivity index (χ2v) is 7.88. The molecule has 0 radical (unpaired) electrons. The van der Waals surface area contributed by atoms with Crippen molar-refractivity contribution in [3.05, 3.63) is 99.1 Å². The molecule has 5 nitrogen and oxygen atoms in total. The van der Waals surface area contributed by atoms with Gasteiger partial charge in [0.1, 0.15) is 11.6 Å². The van der Waals surface area contributed by atoms with Crippen LogP contribution in [-0.2, 0) is 0 Å². The Labute approximate surface area is 187 Å². The highest BCUT2D eigenvalue weighted by atomic mass is 35.5. The van der Waals surface area contributed by atoms with E-state index < -0.39 is 40.3 Å².